The first-order valence-electron chi connectivity index (χ1n) is 2.54. The van der Waals surface area contributed by atoms with Crippen LogP contribution < -0.4 is 0 Å². The fraction of sp³-hybridized carbons (Fsp3) is 1.00. The summed E-state index contributed by atoms with van der Waals surface area (Å²) in [5, 5.41) is 0. The maximum absolute atomic E-state index is 5.44. The molecule has 0 spiro atoms. The van der Waals surface area contributed by atoms with Crippen molar-refractivity contribution in [2.24, 2.45) is 0 Å². The first-order chi connectivity index (χ1) is 4.20. The van der Waals surface area contributed by atoms with Gasteiger partial charge in [0.05, 0.1) is 0 Å². The second kappa shape index (κ2) is 5.30. The summed E-state index contributed by atoms with van der Waals surface area (Å²) < 4.78 is 9.64. The van der Waals surface area contributed by atoms with Crippen LogP contribution >= 0.6 is 23.2 Å². The van der Waals surface area contributed by atoms with E-state index in [1.165, 1.54) is 0 Å². The minimum absolute atomic E-state index is 0.287. The molecule has 0 amide bonds. The van der Waals surface area contributed by atoms with E-state index in [2.05, 4.69) is 0 Å². The number of alkyl halides is 2. The molecule has 0 aliphatic heterocycles. The summed E-state index contributed by atoms with van der Waals surface area (Å²) in [4.78, 5) is -0.421. The number of hydrogen-bond donors (Lipinski definition) is 0. The molecule has 0 aromatic heterocycles. The van der Waals surface area contributed by atoms with Gasteiger partial charge in [-0.3, -0.25) is 0 Å². The van der Waals surface area contributed by atoms with Gasteiger partial charge in [-0.05, 0) is 0 Å². The first kappa shape index (κ1) is 9.50. The second-order valence-corrected chi connectivity index (χ2v) is 2.80. The summed E-state index contributed by atoms with van der Waals surface area (Å²) in [5.74, 6) is 0. The molecule has 0 aromatic rings. The van der Waals surface area contributed by atoms with Crippen LogP contribution in [0.25, 0.3) is 0 Å². The van der Waals surface area contributed by atoms with Crippen LogP contribution in [0.4, 0.5) is 0 Å². The number of halogens is 2. The molecule has 0 radical (unpaired) electrons. The number of rotatable bonds is 4. The van der Waals surface area contributed by atoms with Gasteiger partial charge in [0.1, 0.15) is 4.84 Å². The predicted molar refractivity (Wildman–Crippen MR) is 37.9 cm³/mol. The van der Waals surface area contributed by atoms with Gasteiger partial charge in [0.25, 0.3) is 0 Å². The van der Waals surface area contributed by atoms with Crippen LogP contribution in [0, 0.1) is 0 Å². The van der Waals surface area contributed by atoms with Crippen LogP contribution in [0.1, 0.15) is 6.42 Å². The van der Waals surface area contributed by atoms with Gasteiger partial charge in [0.2, 0.25) is 0 Å². The van der Waals surface area contributed by atoms with E-state index in [-0.39, 0.29) is 6.29 Å². The third-order valence-electron chi connectivity index (χ3n) is 0.896. The molecule has 0 saturated heterocycles. The zero-order chi connectivity index (χ0) is 7.28. The summed E-state index contributed by atoms with van der Waals surface area (Å²) in [6.07, 6.45) is 0.209. The van der Waals surface area contributed by atoms with E-state index in [9.17, 15) is 0 Å². The molecule has 0 N–H and O–H groups in total. The van der Waals surface area contributed by atoms with Crippen LogP contribution in [0.3, 0.4) is 0 Å². The Morgan fingerprint density at radius 2 is 1.67 bits per heavy atom. The first-order valence-corrected chi connectivity index (χ1v) is 3.41. The van der Waals surface area contributed by atoms with Gasteiger partial charge in [0.15, 0.2) is 6.29 Å². The Balaban J connectivity index is 3.31. The molecule has 0 fully saturated rings. The number of ether oxygens (including phenoxy) is 2. The van der Waals surface area contributed by atoms with Gasteiger partial charge < -0.3 is 9.47 Å². The molecule has 2 nitrogen and oxygen atoms in total. The molecule has 0 heterocycles. The van der Waals surface area contributed by atoms with Crippen molar-refractivity contribution in [2.45, 2.75) is 17.5 Å². The molecule has 56 valence electrons. The molecule has 0 aromatic carbocycles. The number of methoxy groups -OCH3 is 2. The third-order valence-corrected chi connectivity index (χ3v) is 1.25. The highest BCUT2D eigenvalue weighted by Gasteiger charge is 2.09. The Morgan fingerprint density at radius 1 is 1.22 bits per heavy atom. The van der Waals surface area contributed by atoms with Crippen molar-refractivity contribution >= 4 is 23.2 Å². The van der Waals surface area contributed by atoms with Gasteiger partial charge >= 0.3 is 0 Å². The lowest BCUT2D eigenvalue weighted by Crippen LogP contribution is -2.15. The maximum atomic E-state index is 5.44. The predicted octanol–water partition coefficient (Wildman–Crippen LogP) is 1.80. The molecule has 0 aliphatic carbocycles. The molecule has 0 aliphatic rings. The fourth-order valence-electron chi connectivity index (χ4n) is 0.434. The second-order valence-electron chi connectivity index (χ2n) is 1.53. The summed E-state index contributed by atoms with van der Waals surface area (Å²) in [6, 6.07) is 0. The van der Waals surface area contributed by atoms with E-state index in [1.807, 2.05) is 0 Å². The van der Waals surface area contributed by atoms with Crippen molar-refractivity contribution in [3.05, 3.63) is 0 Å². The Labute approximate surface area is 65.0 Å². The van der Waals surface area contributed by atoms with Crippen molar-refractivity contribution in [3.8, 4) is 0 Å². The van der Waals surface area contributed by atoms with Crippen LogP contribution in [-0.4, -0.2) is 25.3 Å². The molecule has 0 unspecified atom stereocenters. The molecular weight excluding hydrogens is 163 g/mol. The van der Waals surface area contributed by atoms with Crippen molar-refractivity contribution in [1.29, 1.82) is 0 Å². The van der Waals surface area contributed by atoms with Crippen molar-refractivity contribution in [2.75, 3.05) is 14.2 Å². The van der Waals surface area contributed by atoms with Crippen molar-refractivity contribution < 1.29 is 9.47 Å². The molecule has 0 atom stereocenters. The lowest BCUT2D eigenvalue weighted by Gasteiger charge is -2.12. The van der Waals surface area contributed by atoms with Crippen molar-refractivity contribution in [3.63, 3.8) is 0 Å². The Kier molecular flexibility index (Phi) is 5.59. The van der Waals surface area contributed by atoms with Crippen LogP contribution in [0.15, 0.2) is 0 Å². The maximum Gasteiger partial charge on any atom is 0.159 e. The topological polar surface area (TPSA) is 18.5 Å². The van der Waals surface area contributed by atoms with E-state index in [0.717, 1.165) is 0 Å². The molecular formula is C5H10Cl2O2. The summed E-state index contributed by atoms with van der Waals surface area (Å²) >= 11 is 10.9. The van der Waals surface area contributed by atoms with E-state index in [4.69, 9.17) is 32.7 Å². The average Bonchev–Trinajstić information content (AvgIpc) is 1.82. The van der Waals surface area contributed by atoms with Gasteiger partial charge in [-0.2, -0.15) is 0 Å². The van der Waals surface area contributed by atoms with Gasteiger partial charge in [0, 0.05) is 20.6 Å². The molecule has 0 saturated carbocycles. The Hall–Kier alpha value is 0.500. The molecule has 0 bridgehead atoms. The molecule has 0 rings (SSSR count). The quantitative estimate of drug-likeness (QED) is 0.476. The van der Waals surface area contributed by atoms with Gasteiger partial charge in [-0.1, -0.05) is 0 Å². The summed E-state index contributed by atoms with van der Waals surface area (Å²) in [6.45, 7) is 0. The largest absolute Gasteiger partial charge is 0.356 e. The SMILES string of the molecule is COC(CC(Cl)Cl)OC. The lowest BCUT2D eigenvalue weighted by molar-refractivity contribution is -0.103. The highest BCUT2D eigenvalue weighted by Crippen LogP contribution is 2.11. The molecule has 4 heteroatoms. The smallest absolute Gasteiger partial charge is 0.159 e. The number of hydrogen-bond acceptors (Lipinski definition) is 2. The summed E-state index contributed by atoms with van der Waals surface area (Å²) in [7, 11) is 3.09. The zero-order valence-electron chi connectivity index (χ0n) is 5.43. The Bertz CT molecular complexity index is 64.0. The normalized spacial score (nSPS) is 11.3. The minimum Gasteiger partial charge on any atom is -0.356 e. The van der Waals surface area contributed by atoms with Crippen LogP contribution in [0.5, 0.6) is 0 Å². The highest BCUT2D eigenvalue weighted by atomic mass is 35.5. The fourth-order valence-corrected chi connectivity index (χ4v) is 0.725. The van der Waals surface area contributed by atoms with Gasteiger partial charge in [-0.25, -0.2) is 0 Å². The van der Waals surface area contributed by atoms with Crippen molar-refractivity contribution in [1.82, 2.24) is 0 Å². The van der Waals surface area contributed by atoms with E-state index >= 15 is 0 Å². The highest BCUT2D eigenvalue weighted by molar-refractivity contribution is 6.44. The van der Waals surface area contributed by atoms with Crippen LogP contribution in [-0.2, 0) is 9.47 Å². The van der Waals surface area contributed by atoms with E-state index in [0.29, 0.717) is 6.42 Å². The van der Waals surface area contributed by atoms with Crippen LogP contribution in [0.2, 0.25) is 0 Å². The zero-order valence-corrected chi connectivity index (χ0v) is 6.95. The Morgan fingerprint density at radius 3 is 1.78 bits per heavy atom. The lowest BCUT2D eigenvalue weighted by atomic mass is 10.5. The monoisotopic (exact) mass is 172 g/mol. The van der Waals surface area contributed by atoms with E-state index < -0.39 is 4.84 Å². The summed E-state index contributed by atoms with van der Waals surface area (Å²) in [5.41, 5.74) is 0. The minimum atomic E-state index is -0.421. The molecule has 9 heavy (non-hydrogen) atoms. The van der Waals surface area contributed by atoms with Gasteiger partial charge in [-0.15, -0.1) is 23.2 Å². The third kappa shape index (κ3) is 4.97. The standard InChI is InChI=1S/C5H10Cl2O2/c1-8-5(9-2)3-4(6)7/h4-5H,3H2,1-2H3. The van der Waals surface area contributed by atoms with E-state index in [1.54, 1.807) is 14.2 Å². The average molecular weight is 173 g/mol.